The summed E-state index contributed by atoms with van der Waals surface area (Å²) in [5.41, 5.74) is 2.79. The number of hydrogen-bond acceptors (Lipinski definition) is 4. The molecule has 2 aromatic rings. The van der Waals surface area contributed by atoms with Gasteiger partial charge in [-0.3, -0.25) is 4.79 Å². The van der Waals surface area contributed by atoms with E-state index in [-0.39, 0.29) is 10.8 Å². The van der Waals surface area contributed by atoms with Crippen molar-refractivity contribution in [3.8, 4) is 5.75 Å². The van der Waals surface area contributed by atoms with Crippen molar-refractivity contribution in [1.82, 2.24) is 4.31 Å². The average Bonchev–Trinajstić information content (AvgIpc) is 3.21. The van der Waals surface area contributed by atoms with Crippen molar-refractivity contribution in [1.29, 1.82) is 0 Å². The third-order valence-corrected chi connectivity index (χ3v) is 6.90. The number of carbonyl (C=O) groups is 1. The second kappa shape index (κ2) is 8.32. The van der Waals surface area contributed by atoms with E-state index in [0.29, 0.717) is 24.5 Å². The number of anilines is 1. The molecule has 1 heterocycles. The summed E-state index contributed by atoms with van der Waals surface area (Å²) in [4.78, 5) is 12.6. The predicted molar refractivity (Wildman–Crippen MR) is 109 cm³/mol. The molecule has 0 radical (unpaired) electrons. The summed E-state index contributed by atoms with van der Waals surface area (Å²) >= 11 is 0. The van der Waals surface area contributed by atoms with Crippen molar-refractivity contribution in [2.75, 3.05) is 18.4 Å². The molecule has 0 saturated carbocycles. The zero-order chi connectivity index (χ0) is 20.3. The van der Waals surface area contributed by atoms with Gasteiger partial charge < -0.3 is 10.1 Å². The van der Waals surface area contributed by atoms with Gasteiger partial charge >= 0.3 is 0 Å². The first-order valence-corrected chi connectivity index (χ1v) is 10.9. The molecular weight excluding hydrogens is 376 g/mol. The second-order valence-corrected chi connectivity index (χ2v) is 9.07. The maximum Gasteiger partial charge on any atom is 0.265 e. The highest BCUT2D eigenvalue weighted by atomic mass is 32.2. The molecule has 0 spiro atoms. The minimum Gasteiger partial charge on any atom is -0.481 e. The predicted octanol–water partition coefficient (Wildman–Crippen LogP) is 3.49. The van der Waals surface area contributed by atoms with E-state index < -0.39 is 16.1 Å². The van der Waals surface area contributed by atoms with E-state index >= 15 is 0 Å². The van der Waals surface area contributed by atoms with Gasteiger partial charge in [-0.05, 0) is 81.1 Å². The van der Waals surface area contributed by atoms with Crippen LogP contribution in [0.25, 0.3) is 0 Å². The fourth-order valence-electron chi connectivity index (χ4n) is 3.08. The van der Waals surface area contributed by atoms with Crippen LogP contribution < -0.4 is 10.1 Å². The molecule has 1 atom stereocenters. The standard InChI is InChI=1S/C21H26N2O4S/c1-15-6-9-19(14-16(15)2)27-17(3)21(24)22-18-7-10-20(11-8-18)28(25,26)23-12-4-5-13-23/h6-11,14,17H,4-5,12-13H2,1-3H3,(H,22,24)/t17-/m1/s1. The summed E-state index contributed by atoms with van der Waals surface area (Å²) in [5.74, 6) is 0.339. The van der Waals surface area contributed by atoms with E-state index in [1.807, 2.05) is 32.0 Å². The molecule has 3 rings (SSSR count). The number of sulfonamides is 1. The molecule has 1 saturated heterocycles. The van der Waals surface area contributed by atoms with Crippen LogP contribution in [0, 0.1) is 13.8 Å². The third kappa shape index (κ3) is 4.54. The number of hydrogen-bond donors (Lipinski definition) is 1. The molecule has 0 aromatic heterocycles. The lowest BCUT2D eigenvalue weighted by Gasteiger charge is -2.17. The van der Waals surface area contributed by atoms with Crippen molar-refractivity contribution in [2.45, 2.75) is 44.6 Å². The Kier molecular flexibility index (Phi) is 6.05. The summed E-state index contributed by atoms with van der Waals surface area (Å²) in [5, 5.41) is 2.76. The number of rotatable bonds is 6. The van der Waals surface area contributed by atoms with Crippen LogP contribution in [0.1, 0.15) is 30.9 Å². The van der Waals surface area contributed by atoms with Gasteiger partial charge in [-0.15, -0.1) is 0 Å². The van der Waals surface area contributed by atoms with Crippen LogP contribution in [0.2, 0.25) is 0 Å². The van der Waals surface area contributed by atoms with Crippen LogP contribution in [0.3, 0.4) is 0 Å². The van der Waals surface area contributed by atoms with Gasteiger partial charge in [-0.1, -0.05) is 6.07 Å². The van der Waals surface area contributed by atoms with Crippen LogP contribution in [0.5, 0.6) is 5.75 Å². The van der Waals surface area contributed by atoms with Gasteiger partial charge in [0.2, 0.25) is 10.0 Å². The molecule has 0 unspecified atom stereocenters. The van der Waals surface area contributed by atoms with Gasteiger partial charge in [0.25, 0.3) is 5.91 Å². The molecular formula is C21H26N2O4S. The summed E-state index contributed by atoms with van der Waals surface area (Å²) in [6.45, 7) is 6.81. The lowest BCUT2D eigenvalue weighted by atomic mass is 10.1. The SMILES string of the molecule is Cc1ccc(O[C@H](C)C(=O)Nc2ccc(S(=O)(=O)N3CCCC3)cc2)cc1C. The van der Waals surface area contributed by atoms with Gasteiger partial charge in [0, 0.05) is 18.8 Å². The average molecular weight is 403 g/mol. The van der Waals surface area contributed by atoms with Crippen LogP contribution in [-0.2, 0) is 14.8 Å². The van der Waals surface area contributed by atoms with E-state index in [9.17, 15) is 13.2 Å². The molecule has 1 amide bonds. The van der Waals surface area contributed by atoms with Crippen LogP contribution in [0.15, 0.2) is 47.4 Å². The van der Waals surface area contributed by atoms with Crippen LogP contribution >= 0.6 is 0 Å². The van der Waals surface area contributed by atoms with E-state index in [0.717, 1.165) is 24.0 Å². The monoisotopic (exact) mass is 402 g/mol. The highest BCUT2D eigenvalue weighted by Gasteiger charge is 2.27. The van der Waals surface area contributed by atoms with Gasteiger partial charge in [0.15, 0.2) is 6.10 Å². The molecule has 2 aromatic carbocycles. The highest BCUT2D eigenvalue weighted by Crippen LogP contribution is 2.23. The maximum atomic E-state index is 12.5. The van der Waals surface area contributed by atoms with Crippen LogP contribution in [0.4, 0.5) is 5.69 Å². The molecule has 1 aliphatic rings. The minimum atomic E-state index is -3.45. The molecule has 1 N–H and O–H groups in total. The van der Waals surface area contributed by atoms with Crippen molar-refractivity contribution in [3.63, 3.8) is 0 Å². The Hall–Kier alpha value is -2.38. The Balaban J connectivity index is 1.62. The maximum absolute atomic E-state index is 12.5. The highest BCUT2D eigenvalue weighted by molar-refractivity contribution is 7.89. The molecule has 0 aliphatic carbocycles. The first-order valence-electron chi connectivity index (χ1n) is 9.42. The van der Waals surface area contributed by atoms with Crippen LogP contribution in [-0.4, -0.2) is 37.8 Å². The molecule has 6 nitrogen and oxygen atoms in total. The first-order chi connectivity index (χ1) is 13.3. The van der Waals surface area contributed by atoms with Crippen molar-refractivity contribution in [2.24, 2.45) is 0 Å². The van der Waals surface area contributed by atoms with Gasteiger partial charge in [-0.2, -0.15) is 4.31 Å². The number of benzene rings is 2. The lowest BCUT2D eigenvalue weighted by molar-refractivity contribution is -0.122. The first kappa shape index (κ1) is 20.4. The van der Waals surface area contributed by atoms with E-state index in [1.165, 1.54) is 16.4 Å². The number of aryl methyl sites for hydroxylation is 2. The Morgan fingerprint density at radius 2 is 1.68 bits per heavy atom. The number of ether oxygens (including phenoxy) is 1. The number of amides is 1. The molecule has 1 aliphatic heterocycles. The Bertz CT molecular complexity index is 949. The molecule has 0 bridgehead atoms. The summed E-state index contributed by atoms with van der Waals surface area (Å²) in [6, 6.07) is 11.9. The quantitative estimate of drug-likeness (QED) is 0.802. The summed E-state index contributed by atoms with van der Waals surface area (Å²) < 4.78 is 32.3. The minimum absolute atomic E-state index is 0.242. The van der Waals surface area contributed by atoms with Gasteiger partial charge in [0.1, 0.15) is 5.75 Å². The van der Waals surface area contributed by atoms with Crippen molar-refractivity contribution in [3.05, 3.63) is 53.6 Å². The lowest BCUT2D eigenvalue weighted by Crippen LogP contribution is -2.30. The number of nitrogens with zero attached hydrogens (tertiary/aromatic N) is 1. The zero-order valence-electron chi connectivity index (χ0n) is 16.4. The smallest absolute Gasteiger partial charge is 0.265 e. The largest absolute Gasteiger partial charge is 0.481 e. The molecule has 7 heteroatoms. The number of carbonyl (C=O) groups excluding carboxylic acids is 1. The van der Waals surface area contributed by atoms with Crippen molar-refractivity contribution < 1.29 is 17.9 Å². The third-order valence-electron chi connectivity index (χ3n) is 4.99. The fraction of sp³-hybridized carbons (Fsp3) is 0.381. The Morgan fingerprint density at radius 3 is 2.29 bits per heavy atom. The van der Waals surface area contributed by atoms with E-state index in [2.05, 4.69) is 5.32 Å². The Labute approximate surface area is 166 Å². The molecule has 28 heavy (non-hydrogen) atoms. The molecule has 1 fully saturated rings. The Morgan fingerprint density at radius 1 is 1.04 bits per heavy atom. The van der Waals surface area contributed by atoms with Crippen molar-refractivity contribution >= 4 is 21.6 Å². The topological polar surface area (TPSA) is 75.7 Å². The van der Waals surface area contributed by atoms with E-state index in [4.69, 9.17) is 4.74 Å². The van der Waals surface area contributed by atoms with Gasteiger partial charge in [-0.25, -0.2) is 8.42 Å². The van der Waals surface area contributed by atoms with Gasteiger partial charge in [0.05, 0.1) is 4.90 Å². The second-order valence-electron chi connectivity index (χ2n) is 7.13. The normalized spacial score (nSPS) is 16.0. The van der Waals surface area contributed by atoms with E-state index in [1.54, 1.807) is 19.1 Å². The molecule has 150 valence electrons. The fourth-order valence-corrected chi connectivity index (χ4v) is 4.59. The zero-order valence-corrected chi connectivity index (χ0v) is 17.3. The summed E-state index contributed by atoms with van der Waals surface area (Å²) in [6.07, 6.45) is 1.10. The summed E-state index contributed by atoms with van der Waals surface area (Å²) in [7, 11) is -3.45. The number of nitrogens with one attached hydrogen (secondary N) is 1.